The fourth-order valence-electron chi connectivity index (χ4n) is 0.534. The lowest BCUT2D eigenvalue weighted by Gasteiger charge is -1.93. The van der Waals surface area contributed by atoms with Crippen molar-refractivity contribution in [1.82, 2.24) is 4.98 Å². The van der Waals surface area contributed by atoms with E-state index < -0.39 is 10.9 Å². The molecule has 1 aromatic heterocycles. The maximum absolute atomic E-state index is 10.1. The molecule has 0 aliphatic heterocycles. The minimum atomic E-state index is -2.57. The minimum absolute atomic E-state index is 0.485. The Morgan fingerprint density at radius 3 is 2.80 bits per heavy atom. The molecule has 0 saturated heterocycles. The summed E-state index contributed by atoms with van der Waals surface area (Å²) in [5.41, 5.74) is 0.485. The Bertz CT molecular complexity index is 262. The zero-order chi connectivity index (χ0) is 7.40. The van der Waals surface area contributed by atoms with Crippen LogP contribution in [0.1, 0.15) is 0 Å². The lowest BCUT2D eigenvalue weighted by atomic mass is 10.4. The van der Waals surface area contributed by atoms with E-state index in [2.05, 4.69) is 9.71 Å². The van der Waals surface area contributed by atoms with Crippen LogP contribution in [0.25, 0.3) is 0 Å². The van der Waals surface area contributed by atoms with Crippen molar-refractivity contribution in [3.05, 3.63) is 24.5 Å². The van der Waals surface area contributed by atoms with Crippen molar-refractivity contribution < 1.29 is 8.42 Å². The molecule has 0 aromatic carbocycles. The van der Waals surface area contributed by atoms with Crippen LogP contribution < -0.4 is 4.72 Å². The molecule has 1 N–H and O–H groups in total. The van der Waals surface area contributed by atoms with Gasteiger partial charge in [-0.15, -0.1) is 0 Å². The second-order valence-electron chi connectivity index (χ2n) is 1.61. The van der Waals surface area contributed by atoms with Gasteiger partial charge in [-0.25, -0.2) is 8.42 Å². The Morgan fingerprint density at radius 2 is 2.30 bits per heavy atom. The summed E-state index contributed by atoms with van der Waals surface area (Å²) in [6.07, 6.45) is 3.01. The normalized spacial score (nSPS) is 9.70. The van der Waals surface area contributed by atoms with Gasteiger partial charge in [0.25, 0.3) is 0 Å². The Balaban J connectivity index is 2.77. The maximum Gasteiger partial charge on any atom is 0.222 e. The van der Waals surface area contributed by atoms with Crippen molar-refractivity contribution in [2.75, 3.05) is 4.72 Å². The summed E-state index contributed by atoms with van der Waals surface area (Å²) in [5, 5.41) is 0. The fourth-order valence-corrected chi connectivity index (χ4v) is 0.877. The molecule has 0 unspecified atom stereocenters. The van der Waals surface area contributed by atoms with E-state index in [1.165, 1.54) is 6.20 Å². The fraction of sp³-hybridized carbons (Fsp3) is 0. The van der Waals surface area contributed by atoms with Gasteiger partial charge in [-0.2, -0.15) is 0 Å². The molecule has 1 heterocycles. The zero-order valence-electron chi connectivity index (χ0n) is 5.02. The molecule has 0 radical (unpaired) electrons. The van der Waals surface area contributed by atoms with Gasteiger partial charge in [-0.3, -0.25) is 9.71 Å². The highest BCUT2D eigenvalue weighted by atomic mass is 32.2. The molecule has 0 saturated carbocycles. The Morgan fingerprint density at radius 1 is 1.50 bits per heavy atom. The molecule has 0 aliphatic carbocycles. The van der Waals surface area contributed by atoms with Crippen LogP contribution in [-0.2, 0) is 10.9 Å². The molecule has 0 spiro atoms. The van der Waals surface area contributed by atoms with Gasteiger partial charge in [-0.1, -0.05) is 0 Å². The van der Waals surface area contributed by atoms with Crippen LogP contribution in [0.4, 0.5) is 5.69 Å². The van der Waals surface area contributed by atoms with Gasteiger partial charge in [0.05, 0.1) is 11.9 Å². The van der Waals surface area contributed by atoms with E-state index in [0.717, 1.165) is 0 Å². The van der Waals surface area contributed by atoms with Gasteiger partial charge in [0.2, 0.25) is 10.9 Å². The molecular weight excluding hydrogens is 152 g/mol. The predicted octanol–water partition coefficient (Wildman–Crippen LogP) is 0.0199. The third kappa shape index (κ3) is 2.02. The van der Waals surface area contributed by atoms with Gasteiger partial charge in [0.1, 0.15) is 0 Å². The van der Waals surface area contributed by atoms with Crippen LogP contribution >= 0.6 is 0 Å². The number of thiol groups is 1. The van der Waals surface area contributed by atoms with E-state index in [-0.39, 0.29) is 0 Å². The van der Waals surface area contributed by atoms with Crippen LogP contribution in [-0.4, -0.2) is 13.4 Å². The van der Waals surface area contributed by atoms with Gasteiger partial charge < -0.3 is 0 Å². The van der Waals surface area contributed by atoms with Crippen molar-refractivity contribution in [3.8, 4) is 0 Å². The number of nitrogens with zero attached hydrogens (tertiary/aromatic N) is 1. The average Bonchev–Trinajstić information content (AvgIpc) is 1.88. The van der Waals surface area contributed by atoms with E-state index in [0.29, 0.717) is 5.69 Å². The highest BCUT2D eigenvalue weighted by Crippen LogP contribution is 2.00. The van der Waals surface area contributed by atoms with Crippen LogP contribution in [0.15, 0.2) is 24.5 Å². The highest BCUT2D eigenvalue weighted by Gasteiger charge is 1.86. The second kappa shape index (κ2) is 3.17. The Hall–Kier alpha value is -1.10. The van der Waals surface area contributed by atoms with Crippen molar-refractivity contribution in [1.29, 1.82) is 0 Å². The lowest BCUT2D eigenvalue weighted by molar-refractivity contribution is 0.619. The number of hydrogen-bond donors (Lipinski definition) is 2. The van der Waals surface area contributed by atoms with Crippen molar-refractivity contribution in [3.63, 3.8) is 0 Å². The molecule has 0 atom stereocenters. The first-order valence-electron chi connectivity index (χ1n) is 2.60. The smallest absolute Gasteiger partial charge is 0.222 e. The largest absolute Gasteiger partial charge is 0.284 e. The molecule has 0 amide bonds. The quantitative estimate of drug-likeness (QED) is 0.596. The van der Waals surface area contributed by atoms with Crippen molar-refractivity contribution >= 4 is 16.6 Å². The summed E-state index contributed by atoms with van der Waals surface area (Å²) < 4.78 is 22.3. The standard InChI is InChI=1S/C5H6N2O2S/c8-10(9)7-5-2-1-3-6-4-5/h1-4,10H,(H,7,8,9). The Labute approximate surface area is 60.0 Å². The summed E-state index contributed by atoms with van der Waals surface area (Å²) in [4.78, 5) is 3.71. The summed E-state index contributed by atoms with van der Waals surface area (Å²) in [6, 6.07) is 3.28. The van der Waals surface area contributed by atoms with Gasteiger partial charge in [0.15, 0.2) is 0 Å². The van der Waals surface area contributed by atoms with E-state index in [9.17, 15) is 8.42 Å². The van der Waals surface area contributed by atoms with Crippen LogP contribution in [0, 0.1) is 0 Å². The summed E-state index contributed by atoms with van der Waals surface area (Å²) in [6.45, 7) is 0. The molecular formula is C5H6N2O2S. The third-order valence-corrected chi connectivity index (χ3v) is 1.32. The summed E-state index contributed by atoms with van der Waals surface area (Å²) in [7, 11) is -2.57. The number of rotatable bonds is 2. The number of nitrogens with one attached hydrogen (secondary N) is 1. The van der Waals surface area contributed by atoms with Crippen LogP contribution in [0.5, 0.6) is 0 Å². The monoisotopic (exact) mass is 158 g/mol. The highest BCUT2D eigenvalue weighted by molar-refractivity contribution is 7.73. The molecule has 10 heavy (non-hydrogen) atoms. The SMILES string of the molecule is O=[SH](=O)Nc1cccnc1. The van der Waals surface area contributed by atoms with E-state index in [1.54, 1.807) is 18.3 Å². The molecule has 0 aliphatic rings. The number of hydrogen-bond acceptors (Lipinski definition) is 3. The van der Waals surface area contributed by atoms with Crippen LogP contribution in [0.2, 0.25) is 0 Å². The maximum atomic E-state index is 10.1. The first-order valence-corrected chi connectivity index (χ1v) is 3.78. The van der Waals surface area contributed by atoms with E-state index >= 15 is 0 Å². The third-order valence-electron chi connectivity index (χ3n) is 0.882. The van der Waals surface area contributed by atoms with Gasteiger partial charge in [-0.05, 0) is 12.1 Å². The topological polar surface area (TPSA) is 59.1 Å². The van der Waals surface area contributed by atoms with E-state index in [4.69, 9.17) is 0 Å². The first-order chi connectivity index (χ1) is 4.79. The number of anilines is 1. The number of pyridine rings is 1. The minimum Gasteiger partial charge on any atom is -0.284 e. The molecule has 54 valence electrons. The van der Waals surface area contributed by atoms with E-state index in [1.807, 2.05) is 0 Å². The number of aromatic nitrogens is 1. The molecule has 0 bridgehead atoms. The Kier molecular flexibility index (Phi) is 2.22. The first kappa shape index (κ1) is 7.01. The van der Waals surface area contributed by atoms with Crippen molar-refractivity contribution in [2.24, 2.45) is 0 Å². The van der Waals surface area contributed by atoms with Crippen molar-refractivity contribution in [2.45, 2.75) is 0 Å². The zero-order valence-corrected chi connectivity index (χ0v) is 5.91. The predicted molar refractivity (Wildman–Crippen MR) is 38.2 cm³/mol. The molecule has 4 nitrogen and oxygen atoms in total. The van der Waals surface area contributed by atoms with Crippen LogP contribution in [0.3, 0.4) is 0 Å². The molecule has 1 rings (SSSR count). The van der Waals surface area contributed by atoms with Gasteiger partial charge >= 0.3 is 0 Å². The molecule has 1 aromatic rings. The summed E-state index contributed by atoms with van der Waals surface area (Å²) in [5.74, 6) is 0. The average molecular weight is 158 g/mol. The second-order valence-corrected chi connectivity index (χ2v) is 2.35. The van der Waals surface area contributed by atoms with Gasteiger partial charge in [0, 0.05) is 6.20 Å². The lowest BCUT2D eigenvalue weighted by Crippen LogP contribution is -1.94. The molecule has 0 fully saturated rings. The molecule has 5 heteroatoms. The summed E-state index contributed by atoms with van der Waals surface area (Å²) >= 11 is 0.